The first-order valence-electron chi connectivity index (χ1n) is 3.72. The van der Waals surface area contributed by atoms with Crippen molar-refractivity contribution in [2.45, 2.75) is 12.5 Å². The van der Waals surface area contributed by atoms with Crippen molar-refractivity contribution in [3.05, 3.63) is 27.3 Å². The van der Waals surface area contributed by atoms with E-state index in [2.05, 4.69) is 4.74 Å². The number of benzene rings is 1. The standard InChI is InChI=1S/C8H3F6IO/c9-7(10,11)5-2-1-4(15)3-6(5)16-8(12,13)14/h1-3H. The summed E-state index contributed by atoms with van der Waals surface area (Å²) in [4.78, 5) is 0. The van der Waals surface area contributed by atoms with Gasteiger partial charge in [-0.3, -0.25) is 0 Å². The molecular formula is C8H3F6IO. The summed E-state index contributed by atoms with van der Waals surface area (Å²) in [6.45, 7) is 0. The van der Waals surface area contributed by atoms with E-state index in [1.807, 2.05) is 0 Å². The molecule has 0 unspecified atom stereocenters. The van der Waals surface area contributed by atoms with Crippen LogP contribution in [0.15, 0.2) is 18.2 Å². The third kappa shape index (κ3) is 3.72. The van der Waals surface area contributed by atoms with E-state index >= 15 is 0 Å². The largest absolute Gasteiger partial charge is 0.573 e. The summed E-state index contributed by atoms with van der Waals surface area (Å²) in [6, 6.07) is 2.27. The first-order chi connectivity index (χ1) is 7.09. The molecular weight excluding hydrogens is 353 g/mol. The molecule has 0 bridgehead atoms. The smallest absolute Gasteiger partial charge is 0.405 e. The Morgan fingerprint density at radius 1 is 1.00 bits per heavy atom. The van der Waals surface area contributed by atoms with E-state index in [9.17, 15) is 26.3 Å². The van der Waals surface area contributed by atoms with Gasteiger partial charge in [-0.15, -0.1) is 13.2 Å². The maximum atomic E-state index is 12.3. The maximum absolute atomic E-state index is 12.3. The van der Waals surface area contributed by atoms with Gasteiger partial charge in [0, 0.05) is 3.57 Å². The van der Waals surface area contributed by atoms with Gasteiger partial charge in [0.15, 0.2) is 0 Å². The van der Waals surface area contributed by atoms with E-state index in [1.54, 1.807) is 22.6 Å². The van der Waals surface area contributed by atoms with Crippen molar-refractivity contribution in [2.24, 2.45) is 0 Å². The van der Waals surface area contributed by atoms with Gasteiger partial charge in [0.2, 0.25) is 0 Å². The number of hydrogen-bond donors (Lipinski definition) is 0. The lowest BCUT2D eigenvalue weighted by Gasteiger charge is -2.15. The lowest BCUT2D eigenvalue weighted by atomic mass is 10.2. The molecule has 0 radical (unpaired) electrons. The molecule has 0 saturated carbocycles. The van der Waals surface area contributed by atoms with Crippen LogP contribution < -0.4 is 4.74 Å². The summed E-state index contributed by atoms with van der Waals surface area (Å²) >= 11 is 1.59. The van der Waals surface area contributed by atoms with Crippen molar-refractivity contribution in [3.63, 3.8) is 0 Å². The van der Waals surface area contributed by atoms with Crippen molar-refractivity contribution in [1.82, 2.24) is 0 Å². The molecule has 0 aliphatic rings. The van der Waals surface area contributed by atoms with Gasteiger partial charge in [-0.05, 0) is 40.8 Å². The van der Waals surface area contributed by atoms with Crippen molar-refractivity contribution < 1.29 is 31.1 Å². The Morgan fingerprint density at radius 3 is 2.00 bits per heavy atom. The third-order valence-electron chi connectivity index (χ3n) is 1.47. The molecule has 0 amide bonds. The molecule has 1 rings (SSSR count). The third-order valence-corrected chi connectivity index (χ3v) is 2.15. The highest BCUT2D eigenvalue weighted by Crippen LogP contribution is 2.38. The molecule has 0 fully saturated rings. The van der Waals surface area contributed by atoms with Crippen LogP contribution in [-0.2, 0) is 6.18 Å². The summed E-state index contributed by atoms with van der Waals surface area (Å²) in [7, 11) is 0. The zero-order chi connectivity index (χ0) is 12.6. The van der Waals surface area contributed by atoms with Gasteiger partial charge in [-0.1, -0.05) is 0 Å². The van der Waals surface area contributed by atoms with Gasteiger partial charge in [-0.25, -0.2) is 0 Å². The molecule has 16 heavy (non-hydrogen) atoms. The second-order valence-corrected chi connectivity index (χ2v) is 3.93. The molecule has 0 atom stereocenters. The van der Waals surface area contributed by atoms with Crippen LogP contribution in [0.1, 0.15) is 5.56 Å². The molecule has 0 spiro atoms. The number of hydrogen-bond acceptors (Lipinski definition) is 1. The van der Waals surface area contributed by atoms with Crippen molar-refractivity contribution in [1.29, 1.82) is 0 Å². The molecule has 90 valence electrons. The van der Waals surface area contributed by atoms with E-state index in [-0.39, 0.29) is 3.57 Å². The number of halogens is 7. The van der Waals surface area contributed by atoms with Crippen molar-refractivity contribution in [2.75, 3.05) is 0 Å². The van der Waals surface area contributed by atoms with Gasteiger partial charge in [0.1, 0.15) is 5.75 Å². The van der Waals surface area contributed by atoms with E-state index in [0.29, 0.717) is 12.1 Å². The van der Waals surface area contributed by atoms with Gasteiger partial charge in [-0.2, -0.15) is 13.2 Å². The fourth-order valence-electron chi connectivity index (χ4n) is 0.939. The van der Waals surface area contributed by atoms with Crippen molar-refractivity contribution in [3.8, 4) is 5.75 Å². The van der Waals surface area contributed by atoms with Crippen LogP contribution in [0, 0.1) is 3.57 Å². The Balaban J connectivity index is 3.19. The lowest BCUT2D eigenvalue weighted by molar-refractivity contribution is -0.276. The summed E-state index contributed by atoms with van der Waals surface area (Å²) in [6.07, 6.45) is -10.0. The minimum absolute atomic E-state index is 0.213. The second-order valence-electron chi connectivity index (χ2n) is 2.69. The van der Waals surface area contributed by atoms with Crippen LogP contribution in [0.5, 0.6) is 5.75 Å². The van der Waals surface area contributed by atoms with Gasteiger partial charge in [0.05, 0.1) is 5.56 Å². The van der Waals surface area contributed by atoms with Gasteiger partial charge >= 0.3 is 12.5 Å². The zero-order valence-corrected chi connectivity index (χ0v) is 9.44. The molecule has 0 heterocycles. The molecule has 1 nitrogen and oxygen atoms in total. The predicted molar refractivity (Wildman–Crippen MR) is 50.8 cm³/mol. The van der Waals surface area contributed by atoms with Crippen molar-refractivity contribution >= 4 is 22.6 Å². The molecule has 1 aromatic carbocycles. The van der Waals surface area contributed by atoms with Crippen LogP contribution in [0.4, 0.5) is 26.3 Å². The Bertz CT molecular complexity index is 383. The molecule has 1 aromatic rings. The van der Waals surface area contributed by atoms with Gasteiger partial charge in [0.25, 0.3) is 0 Å². The minimum Gasteiger partial charge on any atom is -0.405 e. The van der Waals surface area contributed by atoms with Gasteiger partial charge < -0.3 is 4.74 Å². The highest BCUT2D eigenvalue weighted by molar-refractivity contribution is 14.1. The fourth-order valence-corrected chi connectivity index (χ4v) is 1.40. The summed E-state index contributed by atoms with van der Waals surface area (Å²) in [5, 5.41) is 0. The highest BCUT2D eigenvalue weighted by Gasteiger charge is 2.39. The van der Waals surface area contributed by atoms with Crippen LogP contribution in [0.25, 0.3) is 0 Å². The summed E-state index contributed by atoms with van der Waals surface area (Å²) in [5.41, 5.74) is -1.45. The van der Waals surface area contributed by atoms with Crippen LogP contribution in [0.2, 0.25) is 0 Å². The quantitative estimate of drug-likeness (QED) is 0.541. The molecule has 0 aliphatic heterocycles. The Kier molecular flexibility index (Phi) is 3.60. The first-order valence-corrected chi connectivity index (χ1v) is 4.80. The summed E-state index contributed by atoms with van der Waals surface area (Å²) < 4.78 is 76.0. The van der Waals surface area contributed by atoms with Crippen LogP contribution >= 0.6 is 22.6 Å². The molecule has 0 N–H and O–H groups in total. The fraction of sp³-hybridized carbons (Fsp3) is 0.250. The molecule has 0 aliphatic carbocycles. The van der Waals surface area contributed by atoms with Crippen LogP contribution in [0.3, 0.4) is 0 Å². The highest BCUT2D eigenvalue weighted by atomic mass is 127. The van der Waals surface area contributed by atoms with E-state index in [4.69, 9.17) is 0 Å². The number of alkyl halides is 6. The maximum Gasteiger partial charge on any atom is 0.573 e. The minimum atomic E-state index is -5.15. The topological polar surface area (TPSA) is 9.23 Å². The number of ether oxygens (including phenoxy) is 1. The predicted octanol–water partition coefficient (Wildman–Crippen LogP) is 4.21. The van der Waals surface area contributed by atoms with Crippen LogP contribution in [-0.4, -0.2) is 6.36 Å². The summed E-state index contributed by atoms with van der Waals surface area (Å²) in [5.74, 6) is -1.24. The zero-order valence-electron chi connectivity index (χ0n) is 7.29. The molecule has 8 heteroatoms. The van der Waals surface area contributed by atoms with E-state index in [0.717, 1.165) is 6.07 Å². The first kappa shape index (κ1) is 13.4. The Hall–Kier alpha value is -0.670. The average molecular weight is 356 g/mol. The average Bonchev–Trinajstić information content (AvgIpc) is 1.97. The molecule has 0 aromatic heterocycles. The SMILES string of the molecule is FC(F)(F)Oc1cc(I)ccc1C(F)(F)F. The van der Waals surface area contributed by atoms with E-state index in [1.165, 1.54) is 0 Å². The van der Waals surface area contributed by atoms with E-state index < -0.39 is 23.9 Å². The normalized spacial score (nSPS) is 12.7. The molecule has 0 saturated heterocycles. The second kappa shape index (κ2) is 4.30. The Morgan fingerprint density at radius 2 is 1.56 bits per heavy atom. The lowest BCUT2D eigenvalue weighted by Crippen LogP contribution is -2.20. The number of rotatable bonds is 1. The Labute approximate surface area is 99.5 Å². The monoisotopic (exact) mass is 356 g/mol.